The van der Waals surface area contributed by atoms with Crippen LogP contribution in [0.5, 0.6) is 5.75 Å². The van der Waals surface area contributed by atoms with Crippen LogP contribution in [0.3, 0.4) is 0 Å². The number of benzene rings is 2. The summed E-state index contributed by atoms with van der Waals surface area (Å²) in [6.45, 7) is 5.70. The Morgan fingerprint density at radius 1 is 1.20 bits per heavy atom. The zero-order valence-corrected chi connectivity index (χ0v) is 19.5. The SMILES string of the molecule is CC(C)CNC(=O)C(C)N(Cc1ccccc1F)C(=O)COc1ccc(Cl)cc1Br. The number of hydrogen-bond donors (Lipinski definition) is 1. The summed E-state index contributed by atoms with van der Waals surface area (Å²) in [5.41, 5.74) is 0.321. The first-order valence-electron chi connectivity index (χ1n) is 9.57. The number of nitrogens with zero attached hydrogens (tertiary/aromatic N) is 1. The maximum Gasteiger partial charge on any atom is 0.261 e. The number of rotatable bonds is 9. The molecule has 0 radical (unpaired) electrons. The monoisotopic (exact) mass is 498 g/mol. The minimum Gasteiger partial charge on any atom is -0.483 e. The third-order valence-corrected chi connectivity index (χ3v) is 5.25. The van der Waals surface area contributed by atoms with Crippen LogP contribution in [0.2, 0.25) is 5.02 Å². The molecule has 0 aliphatic rings. The van der Waals surface area contributed by atoms with Crippen molar-refractivity contribution in [2.75, 3.05) is 13.2 Å². The van der Waals surface area contributed by atoms with Gasteiger partial charge in [-0.1, -0.05) is 43.6 Å². The molecular weight excluding hydrogens is 475 g/mol. The summed E-state index contributed by atoms with van der Waals surface area (Å²) in [5.74, 6) is -0.474. The summed E-state index contributed by atoms with van der Waals surface area (Å²) in [7, 11) is 0. The maximum absolute atomic E-state index is 14.2. The standard InChI is InChI=1S/C22H25BrClFN2O3/c1-14(2)11-26-22(29)15(3)27(12-16-6-4-5-7-19(16)25)21(28)13-30-20-9-8-17(24)10-18(20)23/h4-10,14-15H,11-13H2,1-3H3,(H,26,29). The van der Waals surface area contributed by atoms with Crippen LogP contribution in [0.15, 0.2) is 46.9 Å². The average molecular weight is 500 g/mol. The molecule has 8 heteroatoms. The molecule has 0 saturated carbocycles. The topological polar surface area (TPSA) is 58.6 Å². The summed E-state index contributed by atoms with van der Waals surface area (Å²) in [5, 5.41) is 3.34. The Balaban J connectivity index is 2.17. The normalized spacial score (nSPS) is 11.8. The van der Waals surface area contributed by atoms with Gasteiger partial charge in [-0.2, -0.15) is 0 Å². The van der Waals surface area contributed by atoms with E-state index in [1.54, 1.807) is 43.3 Å². The number of ether oxygens (including phenoxy) is 1. The molecule has 0 heterocycles. The molecule has 2 aromatic rings. The van der Waals surface area contributed by atoms with Crippen molar-refractivity contribution in [3.05, 3.63) is 63.3 Å². The summed E-state index contributed by atoms with van der Waals surface area (Å²) in [4.78, 5) is 26.8. The van der Waals surface area contributed by atoms with E-state index in [1.807, 2.05) is 13.8 Å². The number of carbonyl (C=O) groups is 2. The quantitative estimate of drug-likeness (QED) is 0.539. The predicted molar refractivity (Wildman–Crippen MR) is 119 cm³/mol. The Morgan fingerprint density at radius 3 is 2.53 bits per heavy atom. The Bertz CT molecular complexity index is 894. The molecule has 2 rings (SSSR count). The lowest BCUT2D eigenvalue weighted by Crippen LogP contribution is -2.49. The van der Waals surface area contributed by atoms with Gasteiger partial charge in [-0.25, -0.2) is 4.39 Å². The molecule has 2 aromatic carbocycles. The largest absolute Gasteiger partial charge is 0.483 e. The number of nitrogens with one attached hydrogen (secondary N) is 1. The lowest BCUT2D eigenvalue weighted by atomic mass is 10.1. The zero-order chi connectivity index (χ0) is 22.3. The highest BCUT2D eigenvalue weighted by Gasteiger charge is 2.27. The van der Waals surface area contributed by atoms with Gasteiger partial charge < -0.3 is 15.0 Å². The molecule has 0 saturated heterocycles. The van der Waals surface area contributed by atoms with E-state index in [2.05, 4.69) is 21.2 Å². The van der Waals surface area contributed by atoms with Crippen molar-refractivity contribution in [2.24, 2.45) is 5.92 Å². The van der Waals surface area contributed by atoms with Gasteiger partial charge in [-0.05, 0) is 53.0 Å². The van der Waals surface area contributed by atoms with Crippen molar-refractivity contribution in [1.29, 1.82) is 0 Å². The van der Waals surface area contributed by atoms with E-state index in [-0.39, 0.29) is 25.0 Å². The van der Waals surface area contributed by atoms with Crippen molar-refractivity contribution in [1.82, 2.24) is 10.2 Å². The van der Waals surface area contributed by atoms with Gasteiger partial charge in [0.05, 0.1) is 4.47 Å². The van der Waals surface area contributed by atoms with Crippen LogP contribution in [-0.2, 0) is 16.1 Å². The lowest BCUT2D eigenvalue weighted by Gasteiger charge is -2.29. The summed E-state index contributed by atoms with van der Waals surface area (Å²) >= 11 is 9.26. The van der Waals surface area contributed by atoms with Crippen LogP contribution in [0.4, 0.5) is 4.39 Å². The molecule has 2 amide bonds. The van der Waals surface area contributed by atoms with Crippen molar-refractivity contribution in [3.63, 3.8) is 0 Å². The van der Waals surface area contributed by atoms with Crippen molar-refractivity contribution >= 4 is 39.3 Å². The molecule has 0 fully saturated rings. The van der Waals surface area contributed by atoms with E-state index in [0.29, 0.717) is 27.4 Å². The molecule has 30 heavy (non-hydrogen) atoms. The molecule has 5 nitrogen and oxygen atoms in total. The minimum atomic E-state index is -0.798. The van der Waals surface area contributed by atoms with E-state index in [1.165, 1.54) is 11.0 Å². The lowest BCUT2D eigenvalue weighted by molar-refractivity contribution is -0.142. The number of halogens is 3. The predicted octanol–water partition coefficient (Wildman–Crippen LogP) is 4.81. The second kappa shape index (κ2) is 11.3. The van der Waals surface area contributed by atoms with Crippen molar-refractivity contribution in [2.45, 2.75) is 33.4 Å². The van der Waals surface area contributed by atoms with Crippen molar-refractivity contribution < 1.29 is 18.7 Å². The number of amides is 2. The second-order valence-corrected chi connectivity index (χ2v) is 8.58. The van der Waals surface area contributed by atoms with Crippen LogP contribution in [0.25, 0.3) is 0 Å². The van der Waals surface area contributed by atoms with E-state index in [0.717, 1.165) is 0 Å². The molecule has 1 unspecified atom stereocenters. The Labute approximate surface area is 189 Å². The molecule has 0 aromatic heterocycles. The van der Waals surface area contributed by atoms with Gasteiger partial charge in [0.15, 0.2) is 6.61 Å². The fourth-order valence-corrected chi connectivity index (χ4v) is 3.46. The zero-order valence-electron chi connectivity index (χ0n) is 17.1. The maximum atomic E-state index is 14.2. The van der Waals surface area contributed by atoms with Gasteiger partial charge in [0.2, 0.25) is 5.91 Å². The fraction of sp³-hybridized carbons (Fsp3) is 0.364. The summed E-state index contributed by atoms with van der Waals surface area (Å²) < 4.78 is 20.4. The van der Waals surface area contributed by atoms with Crippen LogP contribution in [0, 0.1) is 11.7 Å². The Morgan fingerprint density at radius 2 is 1.90 bits per heavy atom. The van der Waals surface area contributed by atoms with E-state index in [4.69, 9.17) is 16.3 Å². The van der Waals surface area contributed by atoms with Crippen molar-refractivity contribution in [3.8, 4) is 5.75 Å². The molecule has 0 aliphatic carbocycles. The fourth-order valence-electron chi connectivity index (χ4n) is 2.66. The first-order valence-corrected chi connectivity index (χ1v) is 10.7. The summed E-state index contributed by atoms with van der Waals surface area (Å²) in [6, 6.07) is 10.3. The molecule has 1 N–H and O–H groups in total. The van der Waals surface area contributed by atoms with Crippen LogP contribution in [0.1, 0.15) is 26.3 Å². The van der Waals surface area contributed by atoms with Crippen LogP contribution < -0.4 is 10.1 Å². The second-order valence-electron chi connectivity index (χ2n) is 7.29. The number of hydrogen-bond acceptors (Lipinski definition) is 3. The first kappa shape index (κ1) is 24.2. The van der Waals surface area contributed by atoms with Gasteiger partial charge in [-0.15, -0.1) is 0 Å². The summed E-state index contributed by atoms with van der Waals surface area (Å²) in [6.07, 6.45) is 0. The smallest absolute Gasteiger partial charge is 0.261 e. The number of carbonyl (C=O) groups excluding carboxylic acids is 2. The van der Waals surface area contributed by atoms with Crippen LogP contribution in [-0.4, -0.2) is 35.9 Å². The molecule has 162 valence electrons. The van der Waals surface area contributed by atoms with Gasteiger partial charge in [0.25, 0.3) is 5.91 Å². The van der Waals surface area contributed by atoms with Gasteiger partial charge >= 0.3 is 0 Å². The minimum absolute atomic E-state index is 0.0487. The molecule has 0 aliphatic heterocycles. The highest BCUT2D eigenvalue weighted by Crippen LogP contribution is 2.28. The first-order chi connectivity index (χ1) is 14.2. The third kappa shape index (κ3) is 6.99. The van der Waals surface area contributed by atoms with Crippen LogP contribution >= 0.6 is 27.5 Å². The average Bonchev–Trinajstić information content (AvgIpc) is 2.70. The highest BCUT2D eigenvalue weighted by molar-refractivity contribution is 9.10. The Kier molecular flexibility index (Phi) is 9.11. The highest BCUT2D eigenvalue weighted by atomic mass is 79.9. The third-order valence-electron chi connectivity index (χ3n) is 4.40. The molecule has 1 atom stereocenters. The van der Waals surface area contributed by atoms with Gasteiger partial charge in [0.1, 0.15) is 17.6 Å². The van der Waals surface area contributed by atoms with Gasteiger partial charge in [-0.3, -0.25) is 9.59 Å². The van der Waals surface area contributed by atoms with E-state index >= 15 is 0 Å². The Hall–Kier alpha value is -2.12. The molecule has 0 spiro atoms. The van der Waals surface area contributed by atoms with E-state index < -0.39 is 17.8 Å². The van der Waals surface area contributed by atoms with E-state index in [9.17, 15) is 14.0 Å². The molecule has 0 bridgehead atoms. The molecular formula is C22H25BrClFN2O3. The van der Waals surface area contributed by atoms with Gasteiger partial charge in [0, 0.05) is 23.7 Å².